The normalized spacial score (nSPS) is 17.0. The Balaban J connectivity index is 0.000000381. The van der Waals surface area contributed by atoms with Crippen molar-refractivity contribution in [3.05, 3.63) is 167 Å². The number of carboxylic acids is 6. The molecule has 0 aromatic heterocycles. The van der Waals surface area contributed by atoms with Crippen molar-refractivity contribution in [3.63, 3.8) is 0 Å². The molecule has 10 atom stereocenters. The van der Waals surface area contributed by atoms with Gasteiger partial charge in [-0.1, -0.05) is 161 Å². The number of carboxylic acid groups (broad SMARTS) is 6. The standard InChI is InChI=1S/C52H73N7O11.C50H69N7O11/c1-32(2)28-34-14-19-37(20-15-34)33(3)46(62)54-26-8-6-12-41(53)48(64)56-31-35-16-22-39(23-17-35)47(63)57-44(30-36-18-21-38-10-4-5-11-40(38)29-36)49(65)55-27-9-7-13-42(50(66)67)58-52(70)59-43(51(68)69)24-25-45(60)61;1-30(2)26-32-11-16-35(17-12-32)31(3)44(60)53-25-23-39(51)46(62)54-29-33-13-19-37(20-14-33)45(61)55-42(28-34-15-18-36-8-4-5-9-38(36)27-34)47(63)52-24-7-6-10-40(48(64)65)56-50(68)57-41(49(66)67)21-22-43(58)59/h4-5,10-11,14-15,18-21,29,32-33,35,39,41-44H,6-9,12-13,16-17,22-28,30-31,53H2,1-3H3,(H,54,62)(H,55,65)(H,56,64)(H,57,63)(H,60,61)(H,66,67)(H,68,69)(H2,58,59,70);4-5,8-9,11-12,15-18,27,30-31,33,37,39-42H,6-7,10,13-14,19-26,28-29,51H2,1-3H3,(H,52,63)(H,53,60)(H,54,62)(H,55,61)(H,58,59)(H,64,65)(H,66,67)(H2,56,57,68)/i/hD2. The zero-order valence-electron chi connectivity index (χ0n) is 81.8. The van der Waals surface area contributed by atoms with Crippen LogP contribution in [0, 0.1) is 35.5 Å². The lowest BCUT2D eigenvalue weighted by Crippen LogP contribution is -2.51. The number of fused-ring (bicyclic) bond motifs is 2. The minimum Gasteiger partial charge on any atom is -0.481 e. The number of amides is 12. The molecule has 36 nitrogen and oxygen atoms in total. The summed E-state index contributed by atoms with van der Waals surface area (Å²) in [5, 5.41) is 91.7. The van der Waals surface area contributed by atoms with E-state index in [0.29, 0.717) is 115 Å². The highest BCUT2D eigenvalue weighted by atomic mass is 16.4. The summed E-state index contributed by atoms with van der Waals surface area (Å²) in [5.41, 5.74) is 10.7. The van der Waals surface area contributed by atoms with Crippen molar-refractivity contribution in [1.29, 1.82) is 0 Å². The van der Waals surface area contributed by atoms with Crippen molar-refractivity contribution in [2.75, 3.05) is 39.3 Å². The molecule has 0 radical (unpaired) electrons. The maximum absolute atomic E-state index is 13.7. The number of rotatable bonds is 58. The topological polar surface area (TPSA) is 591 Å². The van der Waals surface area contributed by atoms with Gasteiger partial charge in [0.25, 0.3) is 0 Å². The molecule has 8 rings (SSSR count). The van der Waals surface area contributed by atoms with Gasteiger partial charge in [-0.05, 0) is 234 Å². The summed E-state index contributed by atoms with van der Waals surface area (Å²) in [6.07, 6.45) is 8.38. The third-order valence-electron chi connectivity index (χ3n) is 25.1. The van der Waals surface area contributed by atoms with Crippen LogP contribution >= 0.6 is 0 Å². The SMILES string of the molecule is [2H]NC(CCCCNC(=O)C(C)c1ccc(CC(C)C)cc1)C(=O)NCC1CCC(C(=O)NC(Cc2ccc3ccccc3c2)C(=O)NCCCCC(NC(=O)NC(CCC(=O)O)C(=O)O)C(=O)O)CC1.[2H]NC(CCNC(=O)C(C)c1ccc(CC(C)C)cc1)C(=O)NCC1CCC(C(=O)NC(Cc2ccc3ccccc3c2)C(=O)NCCCCC(NC(=O)NC(CCC(=O)O)C(=O)O)C(=O)O)CC1. The van der Waals surface area contributed by atoms with E-state index >= 15 is 0 Å². The molecular weight excluding hydrogens is 1770 g/mol. The molecule has 0 aliphatic heterocycles. The first kappa shape index (κ1) is 109. The molecule has 0 bridgehead atoms. The predicted molar refractivity (Wildman–Crippen MR) is 520 cm³/mol. The summed E-state index contributed by atoms with van der Waals surface area (Å²) in [5.74, 6) is -10.4. The Morgan fingerprint density at radius 2 is 0.638 bits per heavy atom. The van der Waals surface area contributed by atoms with Crippen LogP contribution < -0.4 is 75.3 Å². The molecule has 0 spiro atoms. The van der Waals surface area contributed by atoms with Gasteiger partial charge in [0, 0.05) is 76.8 Å². The first-order valence-corrected chi connectivity index (χ1v) is 48.1. The van der Waals surface area contributed by atoms with Gasteiger partial charge in [0.2, 0.25) is 47.3 Å². The Hall–Kier alpha value is -13.1. The van der Waals surface area contributed by atoms with Crippen molar-refractivity contribution < 1.29 is 110 Å². The molecule has 0 saturated heterocycles. The number of hydrogen-bond donors (Lipinski definition) is 20. The molecule has 2 saturated carbocycles. The summed E-state index contributed by atoms with van der Waals surface area (Å²) in [6.45, 7) is 14.1. The molecule has 138 heavy (non-hydrogen) atoms. The Labute approximate surface area is 808 Å². The maximum atomic E-state index is 13.7. The number of hydrogen-bond acceptors (Lipinski definition) is 18. The summed E-state index contributed by atoms with van der Waals surface area (Å²) < 4.78 is 15.5. The monoisotopic (exact) mass is 1920 g/mol. The average molecular weight is 1920 g/mol. The van der Waals surface area contributed by atoms with Crippen LogP contribution in [0.5, 0.6) is 0 Å². The van der Waals surface area contributed by atoms with Crippen molar-refractivity contribution in [3.8, 4) is 0 Å². The van der Waals surface area contributed by atoms with Gasteiger partial charge in [0.1, 0.15) is 39.1 Å². The number of nitrogens with one attached hydrogen (secondary N) is 12. The Morgan fingerprint density at radius 3 is 0.978 bits per heavy atom. The van der Waals surface area contributed by atoms with Gasteiger partial charge in [-0.2, -0.15) is 0 Å². The van der Waals surface area contributed by atoms with Gasteiger partial charge in [-0.3, -0.25) is 47.9 Å². The first-order chi connectivity index (χ1) is 66.9. The van der Waals surface area contributed by atoms with Crippen LogP contribution in [0.25, 0.3) is 21.5 Å². The number of carbonyl (C=O) groups is 16. The second kappa shape index (κ2) is 58.5. The van der Waals surface area contributed by atoms with Gasteiger partial charge in [0.15, 0.2) is 0 Å². The molecular formula is C102H142N14O22. The van der Waals surface area contributed by atoms with Crippen LogP contribution in [0.1, 0.15) is 228 Å². The van der Waals surface area contributed by atoms with Gasteiger partial charge in [0.05, 0.1) is 23.9 Å². The minimum atomic E-state index is -1.53. The highest BCUT2D eigenvalue weighted by Crippen LogP contribution is 2.32. The van der Waals surface area contributed by atoms with Crippen LogP contribution in [-0.4, -0.2) is 213 Å². The second-order valence-electron chi connectivity index (χ2n) is 37.2. The van der Waals surface area contributed by atoms with E-state index < -0.39 is 134 Å². The third-order valence-corrected chi connectivity index (χ3v) is 25.1. The Kier molecular flexibility index (Phi) is 46.0. The Bertz CT molecular complexity index is 5090. The van der Waals surface area contributed by atoms with E-state index in [1.54, 1.807) is 0 Å². The zero-order chi connectivity index (χ0) is 102. The van der Waals surface area contributed by atoms with E-state index in [9.17, 15) is 97.1 Å². The fourth-order valence-corrected chi connectivity index (χ4v) is 16.8. The van der Waals surface area contributed by atoms with E-state index in [0.717, 1.165) is 56.6 Å². The van der Waals surface area contributed by atoms with E-state index in [-0.39, 0.29) is 136 Å². The predicted octanol–water partition coefficient (Wildman–Crippen LogP) is 8.74. The van der Waals surface area contributed by atoms with E-state index in [1.807, 2.05) is 135 Å². The van der Waals surface area contributed by atoms with Gasteiger partial charge in [-0.25, -0.2) is 28.8 Å². The number of nitrogens with two attached hydrogens (primary N) is 2. The molecule has 2 fully saturated rings. The van der Waals surface area contributed by atoms with E-state index in [1.165, 1.54) is 11.1 Å². The molecule has 6 aromatic rings. The van der Waals surface area contributed by atoms with E-state index in [4.69, 9.17) is 13.0 Å². The molecule has 752 valence electrons. The number of urea groups is 2. The molecule has 2 aliphatic carbocycles. The van der Waals surface area contributed by atoms with Crippen LogP contribution in [0.2, 0.25) is 2.82 Å². The molecule has 0 heterocycles. The third kappa shape index (κ3) is 40.3. The molecule has 6 aromatic carbocycles. The highest BCUT2D eigenvalue weighted by Gasteiger charge is 2.35. The van der Waals surface area contributed by atoms with Gasteiger partial charge < -0.3 is 106 Å². The minimum absolute atomic E-state index is 0.0476. The number of benzene rings is 6. The summed E-state index contributed by atoms with van der Waals surface area (Å²) in [6, 6.07) is 32.0. The van der Waals surface area contributed by atoms with Gasteiger partial charge in [-0.15, -0.1) is 0 Å². The molecule has 22 N–H and O–H groups in total. The smallest absolute Gasteiger partial charge is 0.326 e. The largest absolute Gasteiger partial charge is 0.481 e. The first-order valence-electron chi connectivity index (χ1n) is 49.1. The van der Waals surface area contributed by atoms with Crippen LogP contribution in [0.3, 0.4) is 0 Å². The van der Waals surface area contributed by atoms with E-state index in [2.05, 4.69) is 115 Å². The lowest BCUT2D eigenvalue weighted by atomic mass is 9.81. The average Bonchev–Trinajstić information content (AvgIpc) is 0.829. The quantitative estimate of drug-likeness (QED) is 0.0159. The van der Waals surface area contributed by atoms with Crippen LogP contribution in [0.15, 0.2) is 133 Å². The molecule has 10 unspecified atom stereocenters. The lowest BCUT2D eigenvalue weighted by Gasteiger charge is -2.29. The van der Waals surface area contributed by atoms with Crippen LogP contribution in [0.4, 0.5) is 9.59 Å². The van der Waals surface area contributed by atoms with Gasteiger partial charge >= 0.3 is 47.9 Å². The zero-order valence-corrected chi connectivity index (χ0v) is 79.8. The summed E-state index contributed by atoms with van der Waals surface area (Å²) in [4.78, 5) is 200. The fourth-order valence-electron chi connectivity index (χ4n) is 16.8. The molecule has 36 heteroatoms. The number of aliphatic carboxylic acids is 6. The fraction of sp³-hybridized carbons (Fsp3) is 0.529. The number of carbonyl (C=O) groups excluding carboxylic acids is 10. The molecule has 2 aliphatic rings. The number of unbranched alkanes of at least 4 members (excludes halogenated alkanes) is 3. The lowest BCUT2D eigenvalue weighted by molar-refractivity contribution is -0.142. The van der Waals surface area contributed by atoms with Crippen molar-refractivity contribution in [2.45, 2.75) is 269 Å². The Morgan fingerprint density at radius 1 is 0.319 bits per heavy atom. The van der Waals surface area contributed by atoms with Crippen molar-refractivity contribution in [2.24, 2.45) is 47.0 Å². The highest BCUT2D eigenvalue weighted by molar-refractivity contribution is 5.93. The van der Waals surface area contributed by atoms with Crippen molar-refractivity contribution in [1.82, 2.24) is 63.8 Å². The second-order valence-corrected chi connectivity index (χ2v) is 37.2. The maximum Gasteiger partial charge on any atom is 0.326 e. The van der Waals surface area contributed by atoms with Crippen molar-refractivity contribution >= 4 is 117 Å². The molecule has 12 amide bonds. The summed E-state index contributed by atoms with van der Waals surface area (Å²) >= 11 is 0. The summed E-state index contributed by atoms with van der Waals surface area (Å²) in [7, 11) is 0. The van der Waals surface area contributed by atoms with Crippen LogP contribution in [-0.2, 0) is 92.8 Å².